The quantitative estimate of drug-likeness (QED) is 0.331. The average molecular weight is 414 g/mol. The van der Waals surface area contributed by atoms with Crippen LogP contribution >= 0.6 is 0 Å². The first-order chi connectivity index (χ1) is 15.2. The van der Waals surface area contributed by atoms with Gasteiger partial charge in [-0.3, -0.25) is 0 Å². The van der Waals surface area contributed by atoms with Gasteiger partial charge in [0, 0.05) is 41.4 Å². The van der Waals surface area contributed by atoms with Gasteiger partial charge in [-0.05, 0) is 11.6 Å². The molecule has 6 rings (SSSR count). The predicted octanol–water partition coefficient (Wildman–Crippen LogP) is 4.41. The molecule has 1 aromatic heterocycles. The van der Waals surface area contributed by atoms with Crippen molar-refractivity contribution in [3.63, 3.8) is 0 Å². The van der Waals surface area contributed by atoms with Gasteiger partial charge in [0.15, 0.2) is 0 Å². The Morgan fingerprint density at radius 1 is 0.968 bits per heavy atom. The summed E-state index contributed by atoms with van der Waals surface area (Å²) in [6.07, 6.45) is 0. The largest absolute Gasteiger partial charge is 0.410 e. The molecule has 0 spiro atoms. The number of hydrogen-bond acceptors (Lipinski definition) is 5. The van der Waals surface area contributed by atoms with Crippen LogP contribution in [0.3, 0.4) is 0 Å². The van der Waals surface area contributed by atoms with Gasteiger partial charge in [-0.1, -0.05) is 47.6 Å². The fourth-order valence-electron chi connectivity index (χ4n) is 4.59. The van der Waals surface area contributed by atoms with Gasteiger partial charge in [-0.15, -0.1) is 0 Å². The Labute approximate surface area is 177 Å². The molecule has 0 atom stereocenters. The summed E-state index contributed by atoms with van der Waals surface area (Å²) in [7, 11) is 0. The maximum atomic E-state index is 14.9. The molecule has 0 amide bonds. The molecule has 1 aliphatic heterocycles. The van der Waals surface area contributed by atoms with Crippen molar-refractivity contribution in [2.24, 2.45) is 5.16 Å². The smallest absolute Gasteiger partial charge is 0.148 e. The number of aromatic nitrogens is 2. The zero-order valence-electron chi connectivity index (χ0n) is 16.6. The molecule has 1 aliphatic carbocycles. The summed E-state index contributed by atoms with van der Waals surface area (Å²) in [4.78, 5) is 10.1. The zero-order valence-corrected chi connectivity index (χ0v) is 16.6. The van der Waals surface area contributed by atoms with E-state index in [1.807, 2.05) is 47.4 Å². The SMILES string of the molecule is O/N=C1\c2ccccc2-c2c1cccc2-c1nc2cc(N3CCOCC3)c(F)cc2[nH]1. The summed E-state index contributed by atoms with van der Waals surface area (Å²) >= 11 is 0. The highest BCUT2D eigenvalue weighted by atomic mass is 19.1. The van der Waals surface area contributed by atoms with Gasteiger partial charge >= 0.3 is 0 Å². The first-order valence-corrected chi connectivity index (χ1v) is 10.2. The number of rotatable bonds is 2. The van der Waals surface area contributed by atoms with E-state index in [-0.39, 0.29) is 5.82 Å². The standard InChI is InChI=1S/C24H19FN4O2/c25-18-12-19-20(13-21(18)29-8-10-31-11-9-29)27-24(26-19)17-7-3-6-16-22(17)14-4-1-2-5-15(14)23(16)28-30/h1-7,12-13,30H,8-11H2,(H,26,27)/b28-23+. The average Bonchev–Trinajstić information content (AvgIpc) is 3.37. The van der Waals surface area contributed by atoms with Crippen LogP contribution in [0.2, 0.25) is 0 Å². The Balaban J connectivity index is 1.51. The van der Waals surface area contributed by atoms with Crippen molar-refractivity contribution < 1.29 is 14.3 Å². The minimum absolute atomic E-state index is 0.275. The Hall–Kier alpha value is -3.71. The molecule has 0 bridgehead atoms. The molecule has 1 saturated heterocycles. The van der Waals surface area contributed by atoms with Gasteiger partial charge < -0.3 is 19.8 Å². The molecule has 7 heteroatoms. The highest BCUT2D eigenvalue weighted by Crippen LogP contribution is 2.43. The third-order valence-corrected chi connectivity index (χ3v) is 6.03. The van der Waals surface area contributed by atoms with Crippen LogP contribution in [-0.2, 0) is 4.74 Å². The molecule has 2 aliphatic rings. The molecular formula is C24H19FN4O2. The number of hydrogen-bond donors (Lipinski definition) is 2. The van der Waals surface area contributed by atoms with Crippen LogP contribution in [-0.4, -0.2) is 47.2 Å². The van der Waals surface area contributed by atoms with E-state index in [2.05, 4.69) is 10.1 Å². The molecule has 6 nitrogen and oxygen atoms in total. The molecule has 2 heterocycles. The van der Waals surface area contributed by atoms with Crippen LogP contribution < -0.4 is 4.90 Å². The maximum absolute atomic E-state index is 14.9. The van der Waals surface area contributed by atoms with Crippen molar-refractivity contribution in [3.05, 3.63) is 71.5 Å². The Bertz CT molecular complexity index is 1360. The topological polar surface area (TPSA) is 73.7 Å². The third-order valence-electron chi connectivity index (χ3n) is 6.03. The van der Waals surface area contributed by atoms with Crippen molar-refractivity contribution in [1.82, 2.24) is 9.97 Å². The van der Waals surface area contributed by atoms with Gasteiger partial charge in [-0.2, -0.15) is 0 Å². The Morgan fingerprint density at radius 2 is 1.71 bits per heavy atom. The highest BCUT2D eigenvalue weighted by Gasteiger charge is 2.28. The number of fused-ring (bicyclic) bond motifs is 4. The second kappa shape index (κ2) is 6.92. The monoisotopic (exact) mass is 414 g/mol. The van der Waals surface area contributed by atoms with Crippen molar-refractivity contribution in [1.29, 1.82) is 0 Å². The van der Waals surface area contributed by atoms with E-state index < -0.39 is 0 Å². The molecule has 0 radical (unpaired) electrons. The van der Waals surface area contributed by atoms with Crippen molar-refractivity contribution in [2.45, 2.75) is 0 Å². The molecule has 0 unspecified atom stereocenters. The number of imidazole rings is 1. The molecule has 4 aromatic rings. The van der Waals surface area contributed by atoms with Crippen molar-refractivity contribution in [3.8, 4) is 22.5 Å². The first-order valence-electron chi connectivity index (χ1n) is 10.2. The lowest BCUT2D eigenvalue weighted by molar-refractivity contribution is 0.122. The number of H-pyrrole nitrogens is 1. The van der Waals surface area contributed by atoms with E-state index in [4.69, 9.17) is 9.72 Å². The lowest BCUT2D eigenvalue weighted by Gasteiger charge is -2.29. The zero-order chi connectivity index (χ0) is 20.9. The fourth-order valence-corrected chi connectivity index (χ4v) is 4.59. The normalized spacial score (nSPS) is 16.7. The predicted molar refractivity (Wildman–Crippen MR) is 117 cm³/mol. The summed E-state index contributed by atoms with van der Waals surface area (Å²) in [5.74, 6) is 0.377. The van der Waals surface area contributed by atoms with E-state index in [1.54, 1.807) is 6.07 Å². The summed E-state index contributed by atoms with van der Waals surface area (Å²) in [5.41, 5.74) is 7.00. The summed E-state index contributed by atoms with van der Waals surface area (Å²) in [6, 6.07) is 17.0. The van der Waals surface area contributed by atoms with Gasteiger partial charge in [0.05, 0.1) is 29.9 Å². The summed E-state index contributed by atoms with van der Waals surface area (Å²) in [6.45, 7) is 2.50. The van der Waals surface area contributed by atoms with Gasteiger partial charge in [0.1, 0.15) is 17.4 Å². The molecule has 31 heavy (non-hydrogen) atoms. The number of benzene rings is 3. The molecule has 1 fully saturated rings. The highest BCUT2D eigenvalue weighted by molar-refractivity contribution is 6.26. The number of anilines is 1. The van der Waals surface area contributed by atoms with E-state index in [0.29, 0.717) is 54.6 Å². The number of oxime groups is 1. The summed E-state index contributed by atoms with van der Waals surface area (Å²) in [5, 5.41) is 13.2. The molecular weight excluding hydrogens is 395 g/mol. The van der Waals surface area contributed by atoms with Crippen LogP contribution in [0, 0.1) is 5.82 Å². The first kappa shape index (κ1) is 18.1. The number of aromatic amines is 1. The number of morpholine rings is 1. The van der Waals surface area contributed by atoms with Crippen molar-refractivity contribution in [2.75, 3.05) is 31.2 Å². The summed E-state index contributed by atoms with van der Waals surface area (Å²) < 4.78 is 20.2. The molecule has 3 aromatic carbocycles. The van der Waals surface area contributed by atoms with Crippen LogP contribution in [0.25, 0.3) is 33.5 Å². The number of halogens is 1. The minimum atomic E-state index is -0.275. The number of nitrogens with one attached hydrogen (secondary N) is 1. The second-order valence-corrected chi connectivity index (χ2v) is 7.73. The third kappa shape index (κ3) is 2.74. The van der Waals surface area contributed by atoms with Crippen LogP contribution in [0.5, 0.6) is 0 Å². The molecule has 154 valence electrons. The minimum Gasteiger partial charge on any atom is -0.410 e. The van der Waals surface area contributed by atoms with Crippen LogP contribution in [0.4, 0.5) is 10.1 Å². The van der Waals surface area contributed by atoms with Crippen LogP contribution in [0.1, 0.15) is 11.1 Å². The Morgan fingerprint density at radius 3 is 2.52 bits per heavy atom. The number of ether oxygens (including phenoxy) is 1. The van der Waals surface area contributed by atoms with Gasteiger partial charge in [0.25, 0.3) is 0 Å². The Kier molecular flexibility index (Phi) is 4.04. The van der Waals surface area contributed by atoms with Gasteiger partial charge in [0.2, 0.25) is 0 Å². The molecule has 2 N–H and O–H groups in total. The maximum Gasteiger partial charge on any atom is 0.148 e. The lowest BCUT2D eigenvalue weighted by Crippen LogP contribution is -2.36. The number of nitrogens with zero attached hydrogens (tertiary/aromatic N) is 3. The van der Waals surface area contributed by atoms with E-state index in [0.717, 1.165) is 27.8 Å². The second-order valence-electron chi connectivity index (χ2n) is 7.73. The van der Waals surface area contributed by atoms with E-state index in [1.165, 1.54) is 6.07 Å². The van der Waals surface area contributed by atoms with Crippen LogP contribution in [0.15, 0.2) is 59.8 Å². The van der Waals surface area contributed by atoms with Gasteiger partial charge in [-0.25, -0.2) is 9.37 Å². The molecule has 0 saturated carbocycles. The van der Waals surface area contributed by atoms with E-state index in [9.17, 15) is 9.60 Å². The fraction of sp³-hybridized carbons (Fsp3) is 0.167. The lowest BCUT2D eigenvalue weighted by atomic mass is 9.99. The van der Waals surface area contributed by atoms with E-state index >= 15 is 0 Å². The van der Waals surface area contributed by atoms with Crippen molar-refractivity contribution >= 4 is 22.4 Å².